The van der Waals surface area contributed by atoms with Crippen LogP contribution in [-0.4, -0.2) is 44.9 Å². The van der Waals surface area contributed by atoms with E-state index < -0.39 is 18.4 Å². The average Bonchev–Trinajstić information content (AvgIpc) is 2.84. The number of carbonyl (C=O) groups is 1. The molecule has 0 spiro atoms. The number of alkyl halides is 2. The van der Waals surface area contributed by atoms with E-state index in [1.807, 2.05) is 20.8 Å². The highest BCUT2D eigenvalue weighted by atomic mass is 19.3. The summed E-state index contributed by atoms with van der Waals surface area (Å²) in [6, 6.07) is 0. The van der Waals surface area contributed by atoms with Crippen LogP contribution in [-0.2, 0) is 6.54 Å². The lowest BCUT2D eigenvalue weighted by Gasteiger charge is -2.34. The number of β-amino-alcohol motifs (C(OH)–C–C–N with tert-alkyl or cyclic N) is 1. The quantitative estimate of drug-likeness (QED) is 0.927. The molecule has 2 unspecified atom stereocenters. The fourth-order valence-electron chi connectivity index (χ4n) is 2.68. The highest BCUT2D eigenvalue weighted by Crippen LogP contribution is 2.26. The summed E-state index contributed by atoms with van der Waals surface area (Å²) < 4.78 is 27.9. The molecule has 2 rings (SSSR count). The van der Waals surface area contributed by atoms with Crippen LogP contribution in [0.25, 0.3) is 0 Å². The number of halogens is 2. The summed E-state index contributed by atoms with van der Waals surface area (Å²) in [5.74, 6) is -0.212. The second-order valence-electron chi connectivity index (χ2n) is 6.40. The van der Waals surface area contributed by atoms with Crippen LogP contribution in [0.15, 0.2) is 6.20 Å². The van der Waals surface area contributed by atoms with Gasteiger partial charge in [-0.15, -0.1) is 0 Å². The van der Waals surface area contributed by atoms with E-state index in [2.05, 4.69) is 5.10 Å². The van der Waals surface area contributed by atoms with Crippen LogP contribution in [0.3, 0.4) is 0 Å². The van der Waals surface area contributed by atoms with E-state index in [1.54, 1.807) is 0 Å². The SMILES string of the molecule is CC(C)Cn1ncc(C(=O)N2CCC(C)C(O)C2)c1C(F)F. The Morgan fingerprint density at radius 3 is 2.73 bits per heavy atom. The van der Waals surface area contributed by atoms with Crippen LogP contribution in [0, 0.1) is 11.8 Å². The number of piperidine rings is 1. The second kappa shape index (κ2) is 6.73. The van der Waals surface area contributed by atoms with Gasteiger partial charge in [-0.25, -0.2) is 8.78 Å². The normalized spacial score (nSPS) is 22.6. The zero-order valence-corrected chi connectivity index (χ0v) is 13.2. The Kier molecular flexibility index (Phi) is 5.16. The van der Waals surface area contributed by atoms with Gasteiger partial charge in [-0.05, 0) is 18.3 Å². The molecule has 2 atom stereocenters. The van der Waals surface area contributed by atoms with Crippen molar-refractivity contribution in [1.82, 2.24) is 14.7 Å². The Balaban J connectivity index is 2.24. The third-order valence-corrected chi connectivity index (χ3v) is 4.06. The number of amides is 1. The summed E-state index contributed by atoms with van der Waals surface area (Å²) in [7, 11) is 0. The summed E-state index contributed by atoms with van der Waals surface area (Å²) in [4.78, 5) is 13.9. The molecule has 22 heavy (non-hydrogen) atoms. The largest absolute Gasteiger partial charge is 0.391 e. The molecule has 1 N–H and O–H groups in total. The smallest absolute Gasteiger partial charge is 0.280 e. The van der Waals surface area contributed by atoms with Gasteiger partial charge in [0.25, 0.3) is 12.3 Å². The van der Waals surface area contributed by atoms with Crippen molar-refractivity contribution in [3.63, 3.8) is 0 Å². The Labute approximate surface area is 128 Å². The second-order valence-corrected chi connectivity index (χ2v) is 6.40. The molecule has 124 valence electrons. The van der Waals surface area contributed by atoms with Gasteiger partial charge in [-0.3, -0.25) is 9.48 Å². The van der Waals surface area contributed by atoms with Crippen molar-refractivity contribution >= 4 is 5.91 Å². The predicted octanol–water partition coefficient (Wildman–Crippen LogP) is 2.32. The van der Waals surface area contributed by atoms with Gasteiger partial charge in [0, 0.05) is 19.6 Å². The fraction of sp³-hybridized carbons (Fsp3) is 0.733. The van der Waals surface area contributed by atoms with E-state index in [4.69, 9.17) is 0 Å². The van der Waals surface area contributed by atoms with Gasteiger partial charge >= 0.3 is 0 Å². The number of aliphatic hydroxyl groups is 1. The van der Waals surface area contributed by atoms with Gasteiger partial charge in [-0.1, -0.05) is 20.8 Å². The number of hydrogen-bond donors (Lipinski definition) is 1. The van der Waals surface area contributed by atoms with Crippen molar-refractivity contribution in [3.8, 4) is 0 Å². The van der Waals surface area contributed by atoms with E-state index in [-0.39, 0.29) is 29.6 Å². The molecule has 1 saturated heterocycles. The van der Waals surface area contributed by atoms with Crippen molar-refractivity contribution in [3.05, 3.63) is 17.5 Å². The molecule has 0 aliphatic carbocycles. The van der Waals surface area contributed by atoms with Gasteiger partial charge in [0.1, 0.15) is 5.69 Å². The number of carbonyl (C=O) groups excluding carboxylic acids is 1. The van der Waals surface area contributed by atoms with Crippen LogP contribution in [0.5, 0.6) is 0 Å². The molecule has 1 fully saturated rings. The molecule has 5 nitrogen and oxygen atoms in total. The Bertz CT molecular complexity index is 531. The topological polar surface area (TPSA) is 58.4 Å². The summed E-state index contributed by atoms with van der Waals surface area (Å²) in [6.07, 6.45) is -1.49. The lowest BCUT2D eigenvalue weighted by Crippen LogP contribution is -2.46. The van der Waals surface area contributed by atoms with Crippen LogP contribution in [0.2, 0.25) is 0 Å². The van der Waals surface area contributed by atoms with Crippen LogP contribution in [0.1, 0.15) is 49.7 Å². The molecule has 1 amide bonds. The third-order valence-electron chi connectivity index (χ3n) is 4.06. The Morgan fingerprint density at radius 2 is 2.18 bits per heavy atom. The van der Waals surface area contributed by atoms with Gasteiger partial charge in [0.05, 0.1) is 17.9 Å². The van der Waals surface area contributed by atoms with Gasteiger partial charge in [0.15, 0.2) is 0 Å². The van der Waals surface area contributed by atoms with Gasteiger partial charge < -0.3 is 10.0 Å². The maximum atomic E-state index is 13.4. The molecule has 0 bridgehead atoms. The molecule has 1 aromatic heterocycles. The molecule has 1 aliphatic heterocycles. The molecular formula is C15H23F2N3O2. The van der Waals surface area contributed by atoms with Crippen LogP contribution >= 0.6 is 0 Å². The first-order valence-electron chi connectivity index (χ1n) is 7.62. The zero-order valence-electron chi connectivity index (χ0n) is 13.2. The van der Waals surface area contributed by atoms with Crippen molar-refractivity contribution in [2.45, 2.75) is 46.3 Å². The number of nitrogens with zero attached hydrogens (tertiary/aromatic N) is 3. The summed E-state index contributed by atoms with van der Waals surface area (Å²) in [5, 5.41) is 13.8. The molecule has 0 aromatic carbocycles. The van der Waals surface area contributed by atoms with Crippen LogP contribution < -0.4 is 0 Å². The molecular weight excluding hydrogens is 292 g/mol. The lowest BCUT2D eigenvalue weighted by atomic mass is 9.95. The van der Waals surface area contributed by atoms with E-state index in [1.165, 1.54) is 15.8 Å². The first kappa shape index (κ1) is 16.9. The number of rotatable bonds is 4. The maximum absolute atomic E-state index is 13.4. The molecule has 1 aromatic rings. The predicted molar refractivity (Wildman–Crippen MR) is 77.7 cm³/mol. The first-order valence-corrected chi connectivity index (χ1v) is 7.62. The van der Waals surface area contributed by atoms with Crippen molar-refractivity contribution in [2.24, 2.45) is 11.8 Å². The molecule has 0 saturated carbocycles. The first-order chi connectivity index (χ1) is 10.3. The number of aromatic nitrogens is 2. The maximum Gasteiger partial charge on any atom is 0.280 e. The van der Waals surface area contributed by atoms with Crippen LogP contribution in [0.4, 0.5) is 8.78 Å². The average molecular weight is 315 g/mol. The number of aliphatic hydroxyl groups excluding tert-OH is 1. The van der Waals surface area contributed by atoms with Crippen molar-refractivity contribution < 1.29 is 18.7 Å². The van der Waals surface area contributed by atoms with Crippen molar-refractivity contribution in [1.29, 1.82) is 0 Å². The van der Waals surface area contributed by atoms with E-state index in [0.29, 0.717) is 19.5 Å². The minimum absolute atomic E-state index is 0.0580. The molecule has 0 radical (unpaired) electrons. The molecule has 7 heteroatoms. The molecule has 1 aliphatic rings. The summed E-state index contributed by atoms with van der Waals surface area (Å²) in [6.45, 7) is 6.71. The highest BCUT2D eigenvalue weighted by molar-refractivity contribution is 5.95. The monoisotopic (exact) mass is 315 g/mol. The zero-order chi connectivity index (χ0) is 16.4. The summed E-state index contributed by atoms with van der Waals surface area (Å²) >= 11 is 0. The Morgan fingerprint density at radius 1 is 1.50 bits per heavy atom. The third kappa shape index (κ3) is 3.45. The molecule has 2 heterocycles. The minimum atomic E-state index is -2.76. The van der Waals surface area contributed by atoms with Gasteiger partial charge in [-0.2, -0.15) is 5.10 Å². The van der Waals surface area contributed by atoms with E-state index in [0.717, 1.165) is 0 Å². The van der Waals surface area contributed by atoms with Gasteiger partial charge in [0.2, 0.25) is 0 Å². The number of likely N-dealkylation sites (tertiary alicyclic amines) is 1. The standard InChI is InChI=1S/C15H23F2N3O2/c1-9(2)7-20-13(14(16)17)11(6-18-20)15(22)19-5-4-10(3)12(21)8-19/h6,9-10,12,14,21H,4-5,7-8H2,1-3H3. The number of hydrogen-bond acceptors (Lipinski definition) is 3. The lowest BCUT2D eigenvalue weighted by molar-refractivity contribution is 0.0244. The summed E-state index contributed by atoms with van der Waals surface area (Å²) in [5.41, 5.74) is -0.385. The highest BCUT2D eigenvalue weighted by Gasteiger charge is 2.32. The van der Waals surface area contributed by atoms with E-state index >= 15 is 0 Å². The fourth-order valence-corrected chi connectivity index (χ4v) is 2.68. The Hall–Kier alpha value is -1.50. The minimum Gasteiger partial charge on any atom is -0.391 e. The van der Waals surface area contributed by atoms with E-state index in [9.17, 15) is 18.7 Å². The van der Waals surface area contributed by atoms with Crippen molar-refractivity contribution in [2.75, 3.05) is 13.1 Å².